The van der Waals surface area contributed by atoms with Gasteiger partial charge in [0.05, 0.1) is 26.9 Å². The van der Waals surface area contributed by atoms with Crippen molar-refractivity contribution in [3.05, 3.63) is 24.3 Å². The van der Waals surface area contributed by atoms with Gasteiger partial charge >= 0.3 is 5.97 Å². The summed E-state index contributed by atoms with van der Waals surface area (Å²) < 4.78 is 27.7. The summed E-state index contributed by atoms with van der Waals surface area (Å²) in [4.78, 5) is 0. The third-order valence-electron chi connectivity index (χ3n) is 3.40. The Labute approximate surface area is 112 Å². The molecule has 1 aromatic rings. The van der Waals surface area contributed by atoms with Gasteiger partial charge in [-0.3, -0.25) is 0 Å². The van der Waals surface area contributed by atoms with Crippen LogP contribution in [0.5, 0.6) is 11.5 Å². The van der Waals surface area contributed by atoms with Gasteiger partial charge in [-0.2, -0.15) is 0 Å². The molecule has 1 aromatic carbocycles. The third kappa shape index (κ3) is 2.54. The minimum absolute atomic E-state index is 0.0259. The highest BCUT2D eigenvalue weighted by Crippen LogP contribution is 2.38. The van der Waals surface area contributed by atoms with Gasteiger partial charge in [-0.25, -0.2) is 0 Å². The summed E-state index contributed by atoms with van der Waals surface area (Å²) in [6, 6.07) is 7.36. The first-order chi connectivity index (χ1) is 9.13. The number of benzene rings is 1. The molecule has 0 unspecified atom stereocenters. The van der Waals surface area contributed by atoms with E-state index in [2.05, 4.69) is 6.92 Å². The fourth-order valence-electron chi connectivity index (χ4n) is 2.07. The van der Waals surface area contributed by atoms with Crippen LogP contribution < -0.4 is 9.47 Å². The van der Waals surface area contributed by atoms with Crippen LogP contribution >= 0.6 is 0 Å². The number of ether oxygens (including phenoxy) is 5. The Balaban J connectivity index is 1.60. The predicted octanol–water partition coefficient (Wildman–Crippen LogP) is 1.81. The van der Waals surface area contributed by atoms with E-state index in [-0.39, 0.29) is 12.0 Å². The van der Waals surface area contributed by atoms with Crippen LogP contribution in [0, 0.1) is 5.41 Å². The summed E-state index contributed by atoms with van der Waals surface area (Å²) in [7, 11) is 1.63. The van der Waals surface area contributed by atoms with E-state index >= 15 is 0 Å². The summed E-state index contributed by atoms with van der Waals surface area (Å²) in [5, 5.41) is 0. The quantitative estimate of drug-likeness (QED) is 0.831. The van der Waals surface area contributed by atoms with E-state index in [1.54, 1.807) is 7.11 Å². The van der Waals surface area contributed by atoms with E-state index < -0.39 is 5.97 Å². The zero-order chi connectivity index (χ0) is 13.3. The van der Waals surface area contributed by atoms with Crippen molar-refractivity contribution < 1.29 is 23.7 Å². The van der Waals surface area contributed by atoms with Gasteiger partial charge in [0.1, 0.15) is 11.5 Å². The molecular weight excluding hydrogens is 248 g/mol. The van der Waals surface area contributed by atoms with Crippen molar-refractivity contribution in [3.63, 3.8) is 0 Å². The van der Waals surface area contributed by atoms with Crippen LogP contribution in [0.3, 0.4) is 0 Å². The molecule has 0 N–H and O–H groups in total. The highest BCUT2D eigenvalue weighted by Gasteiger charge is 2.51. The Morgan fingerprint density at radius 3 is 2.05 bits per heavy atom. The van der Waals surface area contributed by atoms with Gasteiger partial charge in [-0.1, -0.05) is 6.92 Å². The van der Waals surface area contributed by atoms with Crippen LogP contribution in [0.1, 0.15) is 6.92 Å². The van der Waals surface area contributed by atoms with E-state index in [1.807, 2.05) is 24.3 Å². The maximum atomic E-state index is 5.67. The van der Waals surface area contributed by atoms with Gasteiger partial charge in [-0.15, -0.1) is 0 Å². The first-order valence-electron chi connectivity index (χ1n) is 6.32. The van der Waals surface area contributed by atoms with Crippen molar-refractivity contribution in [2.24, 2.45) is 5.41 Å². The Morgan fingerprint density at radius 1 is 1.00 bits per heavy atom. The topological polar surface area (TPSA) is 46.2 Å². The second kappa shape index (κ2) is 4.67. The molecule has 4 rings (SSSR count). The molecule has 3 heterocycles. The Hall–Kier alpha value is -1.30. The highest BCUT2D eigenvalue weighted by molar-refractivity contribution is 5.31. The molecule has 0 atom stereocenters. The zero-order valence-electron chi connectivity index (χ0n) is 11.2. The van der Waals surface area contributed by atoms with Crippen molar-refractivity contribution in [3.8, 4) is 11.5 Å². The maximum absolute atomic E-state index is 5.67. The first-order valence-corrected chi connectivity index (χ1v) is 6.32. The lowest BCUT2D eigenvalue weighted by Gasteiger charge is -2.49. The van der Waals surface area contributed by atoms with Gasteiger partial charge in [0.15, 0.2) is 6.61 Å². The van der Waals surface area contributed by atoms with Gasteiger partial charge in [0.2, 0.25) is 0 Å². The fourth-order valence-corrected chi connectivity index (χ4v) is 2.07. The van der Waals surface area contributed by atoms with E-state index in [4.69, 9.17) is 23.7 Å². The third-order valence-corrected chi connectivity index (χ3v) is 3.40. The SMILES string of the molecule is COc1ccc(OCC23OCC(C)(CO2)CO3)cc1. The second-order valence-corrected chi connectivity index (χ2v) is 5.32. The molecule has 19 heavy (non-hydrogen) atoms. The Morgan fingerprint density at radius 2 is 1.53 bits per heavy atom. The standard InChI is InChI=1S/C14H18O5/c1-13-7-17-14(18-8-13,19-9-13)10-16-12-5-3-11(15-2)4-6-12/h3-6H,7-10H2,1-2H3. The minimum atomic E-state index is -1.04. The van der Waals surface area contributed by atoms with Gasteiger partial charge in [0, 0.05) is 5.41 Å². The molecule has 0 amide bonds. The van der Waals surface area contributed by atoms with E-state index in [9.17, 15) is 0 Å². The van der Waals surface area contributed by atoms with Crippen molar-refractivity contribution in [2.75, 3.05) is 33.5 Å². The lowest BCUT2D eigenvalue weighted by atomic mass is 9.92. The van der Waals surface area contributed by atoms with Crippen LogP contribution in [0.15, 0.2) is 24.3 Å². The molecule has 0 aromatic heterocycles. The van der Waals surface area contributed by atoms with Crippen molar-refractivity contribution in [1.82, 2.24) is 0 Å². The zero-order valence-corrected chi connectivity index (χ0v) is 11.2. The van der Waals surface area contributed by atoms with Crippen LogP contribution in [0.2, 0.25) is 0 Å². The molecule has 3 aliphatic heterocycles. The largest absolute Gasteiger partial charge is 0.497 e. The number of hydrogen-bond acceptors (Lipinski definition) is 5. The molecule has 5 heteroatoms. The van der Waals surface area contributed by atoms with Crippen LogP contribution in [-0.4, -0.2) is 39.5 Å². The first kappa shape index (κ1) is 12.7. The van der Waals surface area contributed by atoms with Crippen LogP contribution in [0.4, 0.5) is 0 Å². The average molecular weight is 266 g/mol. The molecule has 3 aliphatic rings. The molecule has 0 saturated carbocycles. The van der Waals surface area contributed by atoms with E-state index in [0.717, 1.165) is 11.5 Å². The van der Waals surface area contributed by atoms with E-state index in [1.165, 1.54) is 0 Å². The molecule has 5 nitrogen and oxygen atoms in total. The number of fused-ring (bicyclic) bond motifs is 3. The summed E-state index contributed by atoms with van der Waals surface area (Å²) in [5.41, 5.74) is -0.0259. The second-order valence-electron chi connectivity index (χ2n) is 5.32. The van der Waals surface area contributed by atoms with Gasteiger partial charge in [0.25, 0.3) is 0 Å². The molecule has 0 spiro atoms. The summed E-state index contributed by atoms with van der Waals surface area (Å²) >= 11 is 0. The molecular formula is C14H18O5. The van der Waals surface area contributed by atoms with Crippen molar-refractivity contribution in [1.29, 1.82) is 0 Å². The van der Waals surface area contributed by atoms with Gasteiger partial charge in [-0.05, 0) is 24.3 Å². The summed E-state index contributed by atoms with van der Waals surface area (Å²) in [5.74, 6) is 0.475. The number of rotatable bonds is 4. The maximum Gasteiger partial charge on any atom is 0.319 e. The monoisotopic (exact) mass is 266 g/mol. The Kier molecular flexibility index (Phi) is 3.12. The molecule has 104 valence electrons. The molecule has 3 saturated heterocycles. The van der Waals surface area contributed by atoms with Crippen LogP contribution in [0.25, 0.3) is 0 Å². The minimum Gasteiger partial charge on any atom is -0.497 e. The molecule has 3 fully saturated rings. The highest BCUT2D eigenvalue weighted by atomic mass is 16.9. The molecule has 0 aliphatic carbocycles. The van der Waals surface area contributed by atoms with E-state index in [0.29, 0.717) is 19.8 Å². The van der Waals surface area contributed by atoms with Crippen LogP contribution in [-0.2, 0) is 14.2 Å². The van der Waals surface area contributed by atoms with Gasteiger partial charge < -0.3 is 23.7 Å². The predicted molar refractivity (Wildman–Crippen MR) is 67.2 cm³/mol. The summed E-state index contributed by atoms with van der Waals surface area (Å²) in [6.07, 6.45) is 0. The van der Waals surface area contributed by atoms with Crippen molar-refractivity contribution >= 4 is 0 Å². The fraction of sp³-hybridized carbons (Fsp3) is 0.571. The normalized spacial score (nSPS) is 33.2. The smallest absolute Gasteiger partial charge is 0.319 e. The number of methoxy groups -OCH3 is 1. The lowest BCUT2D eigenvalue weighted by molar-refractivity contribution is -0.470. The average Bonchev–Trinajstić information content (AvgIpc) is 2.47. The molecule has 0 radical (unpaired) electrons. The lowest BCUT2D eigenvalue weighted by Crippen LogP contribution is -2.61. The molecule has 2 bridgehead atoms. The Bertz CT molecular complexity index is 417. The number of hydrogen-bond donors (Lipinski definition) is 0. The summed E-state index contributed by atoms with van der Waals surface area (Å²) in [6.45, 7) is 4.22. The van der Waals surface area contributed by atoms with Crippen molar-refractivity contribution in [2.45, 2.75) is 12.9 Å².